The number of hydrogen-bond donors (Lipinski definition) is 2. The van der Waals surface area contributed by atoms with E-state index in [2.05, 4.69) is 15.3 Å². The zero-order valence-electron chi connectivity index (χ0n) is 12.1. The van der Waals surface area contributed by atoms with Crippen LogP contribution >= 0.6 is 0 Å². The summed E-state index contributed by atoms with van der Waals surface area (Å²) in [4.78, 5) is 14.5. The number of amides is 1. The monoisotopic (exact) mass is 281 g/mol. The van der Waals surface area contributed by atoms with Gasteiger partial charge in [-0.25, -0.2) is 0 Å². The Bertz CT molecular complexity index is 454. The van der Waals surface area contributed by atoms with Crippen LogP contribution in [-0.2, 0) is 11.3 Å². The van der Waals surface area contributed by atoms with Crippen molar-refractivity contribution in [3.63, 3.8) is 0 Å². The number of rotatable bonds is 5. The van der Waals surface area contributed by atoms with Crippen LogP contribution in [0.5, 0.6) is 0 Å². The van der Waals surface area contributed by atoms with E-state index >= 15 is 0 Å². The van der Waals surface area contributed by atoms with Crippen LogP contribution in [0, 0.1) is 0 Å². The van der Waals surface area contributed by atoms with Gasteiger partial charge in [-0.2, -0.15) is 5.10 Å². The third-order valence-electron chi connectivity index (χ3n) is 3.40. The molecule has 1 saturated heterocycles. The number of anilines is 1. The summed E-state index contributed by atoms with van der Waals surface area (Å²) in [7, 11) is 0. The van der Waals surface area contributed by atoms with Crippen molar-refractivity contribution in [2.24, 2.45) is 0 Å². The van der Waals surface area contributed by atoms with E-state index in [1.807, 2.05) is 13.8 Å². The van der Waals surface area contributed by atoms with Crippen molar-refractivity contribution in [1.29, 1.82) is 0 Å². The highest BCUT2D eigenvalue weighted by Gasteiger charge is 2.20. The van der Waals surface area contributed by atoms with Gasteiger partial charge in [-0.05, 0) is 13.8 Å². The van der Waals surface area contributed by atoms with Crippen molar-refractivity contribution < 1.29 is 9.53 Å². The molecule has 1 fully saturated rings. The number of aromatic nitrogens is 2. The van der Waals surface area contributed by atoms with E-state index in [4.69, 9.17) is 10.5 Å². The smallest absolute Gasteiger partial charge is 0.271 e. The van der Waals surface area contributed by atoms with Crippen molar-refractivity contribution >= 4 is 11.6 Å². The van der Waals surface area contributed by atoms with Gasteiger partial charge in [0.1, 0.15) is 5.69 Å². The first-order chi connectivity index (χ1) is 9.61. The third kappa shape index (κ3) is 3.49. The largest absolute Gasteiger partial charge is 0.396 e. The summed E-state index contributed by atoms with van der Waals surface area (Å²) < 4.78 is 6.93. The molecule has 2 rings (SSSR count). The molecular weight excluding hydrogens is 258 g/mol. The first-order valence-electron chi connectivity index (χ1n) is 7.04. The lowest BCUT2D eigenvalue weighted by Gasteiger charge is -2.29. The Balaban J connectivity index is 1.91. The van der Waals surface area contributed by atoms with Gasteiger partial charge in [0, 0.05) is 32.2 Å². The SMILES string of the molecule is CCn1ncc(N)c1C(=O)NC(C)CN1CCOCC1. The zero-order valence-corrected chi connectivity index (χ0v) is 12.1. The minimum atomic E-state index is -0.164. The van der Waals surface area contributed by atoms with Gasteiger partial charge in [-0.15, -0.1) is 0 Å². The number of carbonyl (C=O) groups excluding carboxylic acids is 1. The third-order valence-corrected chi connectivity index (χ3v) is 3.40. The van der Waals surface area contributed by atoms with Gasteiger partial charge in [-0.1, -0.05) is 0 Å². The molecule has 0 radical (unpaired) electrons. The quantitative estimate of drug-likeness (QED) is 0.789. The van der Waals surface area contributed by atoms with Crippen LogP contribution in [0.25, 0.3) is 0 Å². The highest BCUT2D eigenvalue weighted by Crippen LogP contribution is 2.11. The van der Waals surface area contributed by atoms with Gasteiger partial charge in [0.2, 0.25) is 0 Å². The molecule has 1 unspecified atom stereocenters. The molecule has 20 heavy (non-hydrogen) atoms. The number of nitrogens with zero attached hydrogens (tertiary/aromatic N) is 3. The molecule has 0 saturated carbocycles. The molecule has 0 bridgehead atoms. The standard InChI is InChI=1S/C13H23N5O2/c1-3-18-12(11(14)8-15-18)13(19)16-10(2)9-17-4-6-20-7-5-17/h8,10H,3-7,9,14H2,1-2H3,(H,16,19). The Morgan fingerprint density at radius 3 is 2.90 bits per heavy atom. The van der Waals surface area contributed by atoms with Crippen LogP contribution in [0.3, 0.4) is 0 Å². The number of ether oxygens (including phenoxy) is 1. The number of nitrogens with one attached hydrogen (secondary N) is 1. The number of morpholine rings is 1. The topological polar surface area (TPSA) is 85.4 Å². The summed E-state index contributed by atoms with van der Waals surface area (Å²) >= 11 is 0. The lowest BCUT2D eigenvalue weighted by atomic mass is 10.2. The molecule has 7 nitrogen and oxygen atoms in total. The number of aryl methyl sites for hydroxylation is 1. The second-order valence-electron chi connectivity index (χ2n) is 5.05. The van der Waals surface area contributed by atoms with E-state index in [1.54, 1.807) is 4.68 Å². The molecule has 1 amide bonds. The summed E-state index contributed by atoms with van der Waals surface area (Å²) in [5, 5.41) is 7.07. The van der Waals surface area contributed by atoms with Gasteiger partial charge >= 0.3 is 0 Å². The van der Waals surface area contributed by atoms with Gasteiger partial charge in [0.25, 0.3) is 5.91 Å². The summed E-state index contributed by atoms with van der Waals surface area (Å²) in [6.45, 7) is 8.71. The van der Waals surface area contributed by atoms with Gasteiger partial charge in [0.15, 0.2) is 0 Å². The Morgan fingerprint density at radius 2 is 2.25 bits per heavy atom. The van der Waals surface area contributed by atoms with Crippen molar-refractivity contribution in [1.82, 2.24) is 20.0 Å². The molecule has 0 spiro atoms. The van der Waals surface area contributed by atoms with Crippen LogP contribution in [0.1, 0.15) is 24.3 Å². The Hall–Kier alpha value is -1.60. The number of hydrogen-bond acceptors (Lipinski definition) is 5. The van der Waals surface area contributed by atoms with E-state index in [9.17, 15) is 4.79 Å². The molecular formula is C13H23N5O2. The Morgan fingerprint density at radius 1 is 1.55 bits per heavy atom. The van der Waals surface area contributed by atoms with Crippen LogP contribution in [0.15, 0.2) is 6.20 Å². The summed E-state index contributed by atoms with van der Waals surface area (Å²) in [5.74, 6) is -0.164. The molecule has 1 atom stereocenters. The van der Waals surface area contributed by atoms with Crippen LogP contribution in [0.4, 0.5) is 5.69 Å². The lowest BCUT2D eigenvalue weighted by molar-refractivity contribution is 0.0342. The fourth-order valence-corrected chi connectivity index (χ4v) is 2.40. The molecule has 1 aromatic heterocycles. The predicted molar refractivity (Wildman–Crippen MR) is 76.5 cm³/mol. The van der Waals surface area contributed by atoms with Crippen LogP contribution < -0.4 is 11.1 Å². The molecule has 1 aliphatic rings. The van der Waals surface area contributed by atoms with E-state index in [0.717, 1.165) is 32.8 Å². The van der Waals surface area contributed by atoms with Gasteiger partial charge < -0.3 is 15.8 Å². The van der Waals surface area contributed by atoms with Gasteiger partial charge in [0.05, 0.1) is 25.1 Å². The van der Waals surface area contributed by atoms with Crippen LogP contribution in [-0.4, -0.2) is 59.5 Å². The Kier molecular flexibility index (Phi) is 4.97. The number of nitrogens with two attached hydrogens (primary N) is 1. The minimum absolute atomic E-state index is 0.0557. The highest BCUT2D eigenvalue weighted by molar-refractivity contribution is 5.97. The van der Waals surface area contributed by atoms with E-state index in [0.29, 0.717) is 17.9 Å². The van der Waals surface area contributed by atoms with Gasteiger partial charge in [-0.3, -0.25) is 14.4 Å². The average Bonchev–Trinajstić information content (AvgIpc) is 2.80. The highest BCUT2D eigenvalue weighted by atomic mass is 16.5. The molecule has 7 heteroatoms. The van der Waals surface area contributed by atoms with E-state index in [-0.39, 0.29) is 11.9 Å². The molecule has 1 aromatic rings. The summed E-state index contributed by atoms with van der Waals surface area (Å²) in [6.07, 6.45) is 1.52. The first-order valence-corrected chi connectivity index (χ1v) is 7.04. The van der Waals surface area contributed by atoms with E-state index < -0.39 is 0 Å². The maximum absolute atomic E-state index is 12.3. The normalized spacial score (nSPS) is 17.9. The number of nitrogen functional groups attached to an aromatic ring is 1. The molecule has 112 valence electrons. The van der Waals surface area contributed by atoms with Crippen molar-refractivity contribution in [2.75, 3.05) is 38.6 Å². The second-order valence-corrected chi connectivity index (χ2v) is 5.05. The first kappa shape index (κ1) is 14.8. The Labute approximate surface area is 119 Å². The van der Waals surface area contributed by atoms with Crippen molar-refractivity contribution in [3.8, 4) is 0 Å². The molecule has 0 aliphatic carbocycles. The molecule has 0 aromatic carbocycles. The second kappa shape index (κ2) is 6.71. The molecule has 1 aliphatic heterocycles. The van der Waals surface area contributed by atoms with Crippen molar-refractivity contribution in [3.05, 3.63) is 11.9 Å². The fraction of sp³-hybridized carbons (Fsp3) is 0.692. The van der Waals surface area contributed by atoms with E-state index in [1.165, 1.54) is 6.20 Å². The lowest BCUT2D eigenvalue weighted by Crippen LogP contribution is -2.46. The maximum atomic E-state index is 12.3. The number of carbonyl (C=O) groups is 1. The van der Waals surface area contributed by atoms with Crippen LogP contribution in [0.2, 0.25) is 0 Å². The summed E-state index contributed by atoms with van der Waals surface area (Å²) in [6, 6.07) is 0.0557. The zero-order chi connectivity index (χ0) is 14.5. The minimum Gasteiger partial charge on any atom is -0.396 e. The molecule has 3 N–H and O–H groups in total. The summed E-state index contributed by atoms with van der Waals surface area (Å²) in [5.41, 5.74) is 6.67. The maximum Gasteiger partial charge on any atom is 0.271 e. The molecule has 2 heterocycles. The fourth-order valence-electron chi connectivity index (χ4n) is 2.40. The van der Waals surface area contributed by atoms with Crippen molar-refractivity contribution in [2.45, 2.75) is 26.4 Å². The predicted octanol–water partition coefficient (Wildman–Crippen LogP) is -0.0643. The average molecular weight is 281 g/mol.